The third-order valence-corrected chi connectivity index (χ3v) is 9.41. The van der Waals surface area contributed by atoms with Crippen LogP contribution in [0.25, 0.3) is 0 Å². The van der Waals surface area contributed by atoms with Gasteiger partial charge in [0.25, 0.3) is 0 Å². The third-order valence-electron chi connectivity index (χ3n) is 9.41. The van der Waals surface area contributed by atoms with E-state index in [9.17, 15) is 20.1 Å². The lowest BCUT2D eigenvalue weighted by Gasteiger charge is -2.62. The molecule has 0 saturated heterocycles. The van der Waals surface area contributed by atoms with E-state index in [2.05, 4.69) is 6.92 Å². The van der Waals surface area contributed by atoms with Gasteiger partial charge in [-0.15, -0.1) is 0 Å². The Morgan fingerprint density at radius 3 is 2.66 bits per heavy atom. The van der Waals surface area contributed by atoms with Gasteiger partial charge in [-0.05, 0) is 80.8 Å². The highest BCUT2D eigenvalue weighted by Gasteiger charge is 2.67. The molecule has 1 aromatic heterocycles. The highest BCUT2D eigenvalue weighted by molar-refractivity contribution is 5.31. The molecule has 3 N–H and O–H groups in total. The molecule has 7 atom stereocenters. The second kappa shape index (κ2) is 6.53. The molecule has 5 heteroatoms. The number of hydrogen-bond donors (Lipinski definition) is 3. The van der Waals surface area contributed by atoms with Crippen LogP contribution in [0.2, 0.25) is 0 Å². The summed E-state index contributed by atoms with van der Waals surface area (Å²) in [7, 11) is 0. The second-order valence-electron chi connectivity index (χ2n) is 10.2. The standard InChI is InChI=1S/C24H32O5/c1-22-9-7-19-20(4-3-16-12-17(26)6-10-23(16,19)14-25)24(22,28)11-8-18(22)15-2-5-21(27)29-13-15/h2,5,12-13,17-20,25-26,28H,3-4,6-11,14H2,1H3/t17?,18-,19+,20-,22-,23-,24+/m1/s1. The van der Waals surface area contributed by atoms with E-state index in [1.807, 2.05) is 12.1 Å². The Labute approximate surface area is 171 Å². The van der Waals surface area contributed by atoms with Gasteiger partial charge in [0.2, 0.25) is 0 Å². The van der Waals surface area contributed by atoms with Crippen molar-refractivity contribution in [1.82, 2.24) is 0 Å². The Bertz CT molecular complexity index is 869. The molecule has 1 unspecified atom stereocenters. The minimum atomic E-state index is -0.777. The maximum absolute atomic E-state index is 12.2. The summed E-state index contributed by atoms with van der Waals surface area (Å²) in [6, 6.07) is 3.34. The van der Waals surface area contributed by atoms with Gasteiger partial charge < -0.3 is 19.7 Å². The minimum absolute atomic E-state index is 0.104. The van der Waals surface area contributed by atoms with Crippen molar-refractivity contribution in [2.45, 2.75) is 75.9 Å². The smallest absolute Gasteiger partial charge is 0.335 e. The van der Waals surface area contributed by atoms with Crippen LogP contribution in [0.3, 0.4) is 0 Å². The molecule has 4 aliphatic rings. The van der Waals surface area contributed by atoms with Gasteiger partial charge in [0.15, 0.2) is 0 Å². The van der Waals surface area contributed by atoms with Crippen LogP contribution in [0.1, 0.15) is 69.8 Å². The predicted molar refractivity (Wildman–Crippen MR) is 108 cm³/mol. The molecule has 0 aliphatic heterocycles. The summed E-state index contributed by atoms with van der Waals surface area (Å²) >= 11 is 0. The quantitative estimate of drug-likeness (QED) is 0.664. The molecular formula is C24H32O5. The van der Waals surface area contributed by atoms with Crippen molar-refractivity contribution in [2.24, 2.45) is 22.7 Å². The molecule has 5 nitrogen and oxygen atoms in total. The molecule has 4 aliphatic carbocycles. The largest absolute Gasteiger partial charge is 0.431 e. The van der Waals surface area contributed by atoms with E-state index in [4.69, 9.17) is 4.42 Å². The SMILES string of the molecule is C[C@]12CC[C@H]3[C@@H](CCC4=CC(O)CC[C@@]43CO)[C@@]1(O)CC[C@@H]2c1ccc(=O)oc1. The van der Waals surface area contributed by atoms with Gasteiger partial charge in [-0.25, -0.2) is 4.79 Å². The Morgan fingerprint density at radius 1 is 1.10 bits per heavy atom. The first-order valence-electron chi connectivity index (χ1n) is 11.2. The van der Waals surface area contributed by atoms with Gasteiger partial charge in [-0.2, -0.15) is 0 Å². The van der Waals surface area contributed by atoms with Crippen LogP contribution in [-0.4, -0.2) is 33.6 Å². The van der Waals surface area contributed by atoms with Gasteiger partial charge >= 0.3 is 5.63 Å². The summed E-state index contributed by atoms with van der Waals surface area (Å²) in [6.07, 6.45) is 9.92. The van der Waals surface area contributed by atoms with Gasteiger partial charge in [-0.3, -0.25) is 0 Å². The zero-order valence-corrected chi connectivity index (χ0v) is 17.1. The van der Waals surface area contributed by atoms with Crippen LogP contribution in [0.15, 0.2) is 39.3 Å². The summed E-state index contributed by atoms with van der Waals surface area (Å²) in [5.41, 5.74) is 0.561. The van der Waals surface area contributed by atoms with Crippen LogP contribution in [-0.2, 0) is 0 Å². The molecule has 1 heterocycles. The maximum atomic E-state index is 12.2. The van der Waals surface area contributed by atoms with E-state index in [-0.39, 0.29) is 40.8 Å². The third kappa shape index (κ3) is 2.53. The molecule has 29 heavy (non-hydrogen) atoms. The van der Waals surface area contributed by atoms with E-state index in [1.54, 1.807) is 6.26 Å². The number of aliphatic hydroxyl groups excluding tert-OH is 2. The molecule has 0 radical (unpaired) electrons. The summed E-state index contributed by atoms with van der Waals surface area (Å²) in [5, 5.41) is 32.8. The molecule has 0 amide bonds. The molecular weight excluding hydrogens is 368 g/mol. The fourth-order valence-electron chi connectivity index (χ4n) is 7.87. The zero-order valence-electron chi connectivity index (χ0n) is 17.1. The van der Waals surface area contributed by atoms with Gasteiger partial charge in [-0.1, -0.05) is 18.6 Å². The number of rotatable bonds is 2. The molecule has 5 rings (SSSR count). The molecule has 3 fully saturated rings. The topological polar surface area (TPSA) is 90.9 Å². The van der Waals surface area contributed by atoms with Crippen molar-refractivity contribution >= 4 is 0 Å². The summed E-state index contributed by atoms with van der Waals surface area (Å²) in [4.78, 5) is 11.4. The van der Waals surface area contributed by atoms with Crippen LogP contribution in [0.5, 0.6) is 0 Å². The molecule has 0 aromatic carbocycles. The Hall–Kier alpha value is -1.43. The number of hydrogen-bond acceptors (Lipinski definition) is 5. The van der Waals surface area contributed by atoms with Crippen molar-refractivity contribution in [2.75, 3.05) is 6.61 Å². The monoisotopic (exact) mass is 400 g/mol. The minimum Gasteiger partial charge on any atom is -0.431 e. The highest BCUT2D eigenvalue weighted by atomic mass is 16.4. The molecule has 1 aromatic rings. The fraction of sp³-hybridized carbons (Fsp3) is 0.708. The lowest BCUT2D eigenvalue weighted by atomic mass is 9.44. The van der Waals surface area contributed by atoms with E-state index >= 15 is 0 Å². The van der Waals surface area contributed by atoms with Crippen LogP contribution >= 0.6 is 0 Å². The fourth-order valence-corrected chi connectivity index (χ4v) is 7.87. The van der Waals surface area contributed by atoms with E-state index in [0.717, 1.165) is 50.5 Å². The predicted octanol–water partition coefficient (Wildman–Crippen LogP) is 3.13. The Kier molecular flexibility index (Phi) is 4.40. The first kappa shape index (κ1) is 19.5. The van der Waals surface area contributed by atoms with Crippen molar-refractivity contribution in [3.05, 3.63) is 46.0 Å². The Morgan fingerprint density at radius 2 is 1.93 bits per heavy atom. The normalized spacial score (nSPS) is 46.4. The number of aliphatic hydroxyl groups is 3. The molecule has 0 spiro atoms. The van der Waals surface area contributed by atoms with Crippen LogP contribution in [0, 0.1) is 22.7 Å². The van der Waals surface area contributed by atoms with Crippen molar-refractivity contribution < 1.29 is 19.7 Å². The van der Waals surface area contributed by atoms with Crippen LogP contribution in [0.4, 0.5) is 0 Å². The average molecular weight is 401 g/mol. The van der Waals surface area contributed by atoms with Gasteiger partial charge in [0.1, 0.15) is 0 Å². The zero-order chi connectivity index (χ0) is 20.4. The number of fused-ring (bicyclic) bond motifs is 5. The summed E-state index contributed by atoms with van der Waals surface area (Å²) in [5.74, 6) is 0.583. The van der Waals surface area contributed by atoms with Crippen molar-refractivity contribution in [1.29, 1.82) is 0 Å². The molecule has 3 saturated carbocycles. The van der Waals surface area contributed by atoms with E-state index in [1.165, 1.54) is 11.6 Å². The van der Waals surface area contributed by atoms with Gasteiger partial charge in [0, 0.05) is 16.9 Å². The van der Waals surface area contributed by atoms with Gasteiger partial charge in [0.05, 0.1) is 24.6 Å². The second-order valence-corrected chi connectivity index (χ2v) is 10.2. The first-order valence-corrected chi connectivity index (χ1v) is 11.2. The van der Waals surface area contributed by atoms with E-state index in [0.29, 0.717) is 6.42 Å². The van der Waals surface area contributed by atoms with Crippen LogP contribution < -0.4 is 5.63 Å². The van der Waals surface area contributed by atoms with Crippen molar-refractivity contribution in [3.8, 4) is 0 Å². The summed E-state index contributed by atoms with van der Waals surface area (Å²) in [6.45, 7) is 2.32. The van der Waals surface area contributed by atoms with Crippen molar-refractivity contribution in [3.63, 3.8) is 0 Å². The first-order chi connectivity index (χ1) is 13.8. The lowest BCUT2D eigenvalue weighted by molar-refractivity contribution is -0.185. The Balaban J connectivity index is 1.52. The average Bonchev–Trinajstić information content (AvgIpc) is 3.00. The van der Waals surface area contributed by atoms with E-state index < -0.39 is 11.7 Å². The maximum Gasteiger partial charge on any atom is 0.335 e. The molecule has 158 valence electrons. The lowest BCUT2D eigenvalue weighted by Crippen LogP contribution is -2.61. The summed E-state index contributed by atoms with van der Waals surface area (Å²) < 4.78 is 5.15. The highest BCUT2D eigenvalue weighted by Crippen LogP contribution is 2.70. The molecule has 0 bridgehead atoms.